The Morgan fingerprint density at radius 2 is 2.36 bits per heavy atom. The molecule has 0 spiro atoms. The lowest BCUT2D eigenvalue weighted by atomic mass is 9.99. The third-order valence-electron chi connectivity index (χ3n) is 2.92. The van der Waals surface area contributed by atoms with Crippen LogP contribution >= 0.6 is 0 Å². The molecule has 2 rings (SSSR count). The number of carbonyl (C=O) groups excluding carboxylic acids is 1. The van der Waals surface area contributed by atoms with Gasteiger partial charge in [0, 0.05) is 13.0 Å². The number of aromatic nitrogens is 3. The Labute approximate surface area is 83.3 Å². The van der Waals surface area contributed by atoms with E-state index in [0.717, 1.165) is 19.3 Å². The van der Waals surface area contributed by atoms with Gasteiger partial charge in [-0.25, -0.2) is 0 Å². The summed E-state index contributed by atoms with van der Waals surface area (Å²) in [4.78, 5) is 11.9. The van der Waals surface area contributed by atoms with Crippen molar-refractivity contribution in [2.75, 3.05) is 0 Å². The lowest BCUT2D eigenvalue weighted by Crippen LogP contribution is -2.12. The van der Waals surface area contributed by atoms with Gasteiger partial charge in [-0.2, -0.15) is 0 Å². The molecule has 1 aliphatic carbocycles. The van der Waals surface area contributed by atoms with Crippen LogP contribution in [-0.4, -0.2) is 20.8 Å². The summed E-state index contributed by atoms with van der Waals surface area (Å²) in [5, 5.41) is 7.62. The molecule has 1 saturated carbocycles. The van der Waals surface area contributed by atoms with Crippen LogP contribution in [0.15, 0.2) is 6.20 Å². The Hall–Kier alpha value is -1.19. The first kappa shape index (κ1) is 9.37. The van der Waals surface area contributed by atoms with Crippen LogP contribution in [0.5, 0.6) is 0 Å². The Morgan fingerprint density at radius 1 is 1.57 bits per heavy atom. The van der Waals surface area contributed by atoms with Gasteiger partial charge in [-0.05, 0) is 25.2 Å². The van der Waals surface area contributed by atoms with Crippen LogP contribution in [0.25, 0.3) is 0 Å². The van der Waals surface area contributed by atoms with Crippen molar-refractivity contribution in [3.63, 3.8) is 0 Å². The van der Waals surface area contributed by atoms with Gasteiger partial charge in [-0.1, -0.05) is 12.1 Å². The summed E-state index contributed by atoms with van der Waals surface area (Å²) in [5.41, 5.74) is 0.520. The fourth-order valence-electron chi connectivity index (χ4n) is 2.11. The first-order valence-electron chi connectivity index (χ1n) is 5.07. The zero-order chi connectivity index (χ0) is 10.1. The molecular weight excluding hydrogens is 178 g/mol. The van der Waals surface area contributed by atoms with E-state index in [2.05, 4.69) is 17.2 Å². The molecule has 4 nitrogen and oxygen atoms in total. The van der Waals surface area contributed by atoms with Gasteiger partial charge in [0.05, 0.1) is 6.20 Å². The molecule has 2 unspecified atom stereocenters. The molecule has 0 radical (unpaired) electrons. The average Bonchev–Trinajstić information content (AvgIpc) is 2.73. The van der Waals surface area contributed by atoms with Gasteiger partial charge in [-0.3, -0.25) is 9.48 Å². The van der Waals surface area contributed by atoms with Gasteiger partial charge < -0.3 is 0 Å². The number of nitrogens with zero attached hydrogens (tertiary/aromatic N) is 3. The zero-order valence-electron chi connectivity index (χ0n) is 8.60. The monoisotopic (exact) mass is 193 g/mol. The van der Waals surface area contributed by atoms with Crippen LogP contribution in [0.3, 0.4) is 0 Å². The molecule has 0 N–H and O–H groups in total. The highest BCUT2D eigenvalue weighted by Gasteiger charge is 2.29. The van der Waals surface area contributed by atoms with Crippen molar-refractivity contribution in [3.8, 4) is 0 Å². The fraction of sp³-hybridized carbons (Fsp3) is 0.700. The van der Waals surface area contributed by atoms with Crippen LogP contribution in [0.1, 0.15) is 36.7 Å². The third-order valence-corrected chi connectivity index (χ3v) is 2.92. The highest BCUT2D eigenvalue weighted by atomic mass is 16.1. The lowest BCUT2D eigenvalue weighted by Gasteiger charge is -2.04. The van der Waals surface area contributed by atoms with Crippen molar-refractivity contribution >= 4 is 5.78 Å². The highest BCUT2D eigenvalue weighted by molar-refractivity contribution is 5.95. The van der Waals surface area contributed by atoms with Gasteiger partial charge in [0.15, 0.2) is 5.78 Å². The standard InChI is InChI=1S/C10H15N3O/c1-7-3-4-8(5-7)10(14)9-6-13(2)12-11-9/h6-8H,3-5H2,1-2H3. The molecule has 1 aromatic rings. The molecule has 1 aliphatic rings. The van der Waals surface area contributed by atoms with Crippen molar-refractivity contribution in [3.05, 3.63) is 11.9 Å². The molecule has 0 bridgehead atoms. The molecule has 76 valence electrons. The maximum Gasteiger partial charge on any atom is 0.187 e. The minimum Gasteiger partial charge on any atom is -0.292 e. The van der Waals surface area contributed by atoms with Crippen LogP contribution in [-0.2, 0) is 7.05 Å². The topological polar surface area (TPSA) is 47.8 Å². The van der Waals surface area contributed by atoms with Crippen LogP contribution in [0, 0.1) is 11.8 Å². The molecular formula is C10H15N3O. The SMILES string of the molecule is CC1CCC(C(=O)c2cn(C)nn2)C1. The van der Waals surface area contributed by atoms with Crippen molar-refractivity contribution in [1.82, 2.24) is 15.0 Å². The highest BCUT2D eigenvalue weighted by Crippen LogP contribution is 2.32. The summed E-state index contributed by atoms with van der Waals surface area (Å²) in [7, 11) is 1.78. The molecule has 0 saturated heterocycles. The van der Waals surface area contributed by atoms with Crippen molar-refractivity contribution in [2.24, 2.45) is 18.9 Å². The lowest BCUT2D eigenvalue weighted by molar-refractivity contribution is 0.0915. The van der Waals surface area contributed by atoms with E-state index in [1.807, 2.05) is 0 Å². The smallest absolute Gasteiger partial charge is 0.187 e. The van der Waals surface area contributed by atoms with E-state index in [0.29, 0.717) is 11.6 Å². The minimum atomic E-state index is 0.169. The molecule has 0 amide bonds. The maximum absolute atomic E-state index is 11.9. The second-order valence-electron chi connectivity index (χ2n) is 4.26. The summed E-state index contributed by atoms with van der Waals surface area (Å²) in [5.74, 6) is 1.03. The Morgan fingerprint density at radius 3 is 2.86 bits per heavy atom. The molecule has 0 aliphatic heterocycles. The Kier molecular flexibility index (Phi) is 2.35. The largest absolute Gasteiger partial charge is 0.292 e. The van der Waals surface area contributed by atoms with E-state index in [-0.39, 0.29) is 11.7 Å². The summed E-state index contributed by atoms with van der Waals surface area (Å²) in [6, 6.07) is 0. The summed E-state index contributed by atoms with van der Waals surface area (Å²) in [6.07, 6.45) is 4.88. The second kappa shape index (κ2) is 3.52. The van der Waals surface area contributed by atoms with E-state index in [1.54, 1.807) is 17.9 Å². The van der Waals surface area contributed by atoms with Crippen molar-refractivity contribution in [2.45, 2.75) is 26.2 Å². The molecule has 1 heterocycles. The average molecular weight is 193 g/mol. The fourth-order valence-corrected chi connectivity index (χ4v) is 2.11. The van der Waals surface area contributed by atoms with Crippen LogP contribution in [0.4, 0.5) is 0 Å². The van der Waals surface area contributed by atoms with Gasteiger partial charge in [0.1, 0.15) is 5.69 Å². The van der Waals surface area contributed by atoms with E-state index >= 15 is 0 Å². The van der Waals surface area contributed by atoms with Gasteiger partial charge in [-0.15, -0.1) is 5.10 Å². The normalized spacial score (nSPS) is 26.7. The first-order valence-corrected chi connectivity index (χ1v) is 5.07. The third kappa shape index (κ3) is 1.69. The number of carbonyl (C=O) groups is 1. The quantitative estimate of drug-likeness (QED) is 0.667. The summed E-state index contributed by atoms with van der Waals surface area (Å²) in [6.45, 7) is 2.20. The number of ketones is 1. The van der Waals surface area contributed by atoms with Crippen molar-refractivity contribution in [1.29, 1.82) is 0 Å². The Bertz CT molecular complexity index is 345. The van der Waals surface area contributed by atoms with Crippen LogP contribution in [0.2, 0.25) is 0 Å². The maximum atomic E-state index is 11.9. The predicted molar refractivity (Wildman–Crippen MR) is 51.8 cm³/mol. The number of rotatable bonds is 2. The second-order valence-corrected chi connectivity index (χ2v) is 4.26. The van der Waals surface area contributed by atoms with Crippen molar-refractivity contribution < 1.29 is 4.79 Å². The molecule has 14 heavy (non-hydrogen) atoms. The Balaban J connectivity index is 2.09. The number of Topliss-reactive ketones (excluding diaryl/α,β-unsaturated/α-hetero) is 1. The van der Waals surface area contributed by atoms with E-state index < -0.39 is 0 Å². The minimum absolute atomic E-state index is 0.169. The summed E-state index contributed by atoms with van der Waals surface area (Å²) >= 11 is 0. The molecule has 2 atom stereocenters. The summed E-state index contributed by atoms with van der Waals surface area (Å²) < 4.78 is 1.58. The first-order chi connectivity index (χ1) is 6.66. The van der Waals surface area contributed by atoms with Gasteiger partial charge in [0.25, 0.3) is 0 Å². The molecule has 0 aromatic carbocycles. The zero-order valence-corrected chi connectivity index (χ0v) is 8.60. The molecule has 4 heteroatoms. The van der Waals surface area contributed by atoms with Crippen LogP contribution < -0.4 is 0 Å². The van der Waals surface area contributed by atoms with Gasteiger partial charge >= 0.3 is 0 Å². The van der Waals surface area contributed by atoms with E-state index in [4.69, 9.17) is 0 Å². The number of hydrogen-bond acceptors (Lipinski definition) is 3. The number of aryl methyl sites for hydroxylation is 1. The number of hydrogen-bond donors (Lipinski definition) is 0. The van der Waals surface area contributed by atoms with E-state index in [1.165, 1.54) is 0 Å². The van der Waals surface area contributed by atoms with Gasteiger partial charge in [0.2, 0.25) is 0 Å². The molecule has 1 fully saturated rings. The predicted octanol–water partition coefficient (Wildman–Crippen LogP) is 1.43. The van der Waals surface area contributed by atoms with E-state index in [9.17, 15) is 4.79 Å². The molecule has 1 aromatic heterocycles.